The van der Waals surface area contributed by atoms with Gasteiger partial charge in [0.1, 0.15) is 0 Å². The summed E-state index contributed by atoms with van der Waals surface area (Å²) in [4.78, 5) is 7.01. The molecule has 0 aliphatic heterocycles. The lowest BCUT2D eigenvalue weighted by Gasteiger charge is -2.24. The smallest absolute Gasteiger partial charge is 0.191 e. The van der Waals surface area contributed by atoms with Crippen molar-refractivity contribution in [1.29, 1.82) is 0 Å². The summed E-state index contributed by atoms with van der Waals surface area (Å²) in [6.07, 6.45) is 6.31. The number of nitrogens with one attached hydrogen (secondary N) is 2. The van der Waals surface area contributed by atoms with E-state index in [1.807, 2.05) is 17.9 Å². The highest BCUT2D eigenvalue weighted by Gasteiger charge is 2.17. The summed E-state index contributed by atoms with van der Waals surface area (Å²) < 4.78 is 1.84. The van der Waals surface area contributed by atoms with E-state index in [1.54, 1.807) is 0 Å². The summed E-state index contributed by atoms with van der Waals surface area (Å²) in [6, 6.07) is 0.613. The molecule has 0 radical (unpaired) electrons. The van der Waals surface area contributed by atoms with Crippen LogP contribution in [0.1, 0.15) is 59.1 Å². The van der Waals surface area contributed by atoms with Crippen LogP contribution in [0.15, 0.2) is 17.4 Å². The predicted octanol–water partition coefficient (Wildman–Crippen LogP) is 3.41. The largest absolute Gasteiger partial charge is 0.357 e. The molecule has 26 heavy (non-hydrogen) atoms. The van der Waals surface area contributed by atoms with Gasteiger partial charge in [-0.3, -0.25) is 9.67 Å². The average Bonchev–Trinajstić information content (AvgIpc) is 2.90. The summed E-state index contributed by atoms with van der Waals surface area (Å²) in [5, 5.41) is 11.2. The highest BCUT2D eigenvalue weighted by Crippen LogP contribution is 2.21. The third-order valence-electron chi connectivity index (χ3n) is 4.21. The van der Waals surface area contributed by atoms with E-state index in [2.05, 4.69) is 75.5 Å². The van der Waals surface area contributed by atoms with Crippen molar-refractivity contribution in [3.8, 4) is 0 Å². The van der Waals surface area contributed by atoms with Crippen LogP contribution >= 0.6 is 24.0 Å². The molecule has 2 atom stereocenters. The minimum Gasteiger partial charge on any atom is -0.357 e. The van der Waals surface area contributed by atoms with E-state index in [0.717, 1.165) is 18.9 Å². The quantitative estimate of drug-likeness (QED) is 0.342. The number of halogens is 1. The number of aliphatic imine (C=N–C) groups is 1. The number of aryl methyl sites for hydroxylation is 1. The lowest BCUT2D eigenvalue weighted by molar-refractivity contribution is 0.306. The molecule has 0 fully saturated rings. The lowest BCUT2D eigenvalue weighted by atomic mass is 9.89. The van der Waals surface area contributed by atoms with Crippen LogP contribution in [0.3, 0.4) is 0 Å². The topological polar surface area (TPSA) is 57.5 Å². The molecule has 7 heteroatoms. The van der Waals surface area contributed by atoms with E-state index in [4.69, 9.17) is 4.99 Å². The third kappa shape index (κ3) is 9.75. The van der Waals surface area contributed by atoms with E-state index in [9.17, 15) is 0 Å². The second-order valence-corrected chi connectivity index (χ2v) is 8.29. The molecule has 6 nitrogen and oxygen atoms in total. The molecule has 1 rings (SSSR count). The van der Waals surface area contributed by atoms with Crippen molar-refractivity contribution in [2.24, 2.45) is 17.5 Å². The van der Waals surface area contributed by atoms with Gasteiger partial charge in [-0.05, 0) is 46.2 Å². The molecule has 0 spiro atoms. The van der Waals surface area contributed by atoms with Crippen molar-refractivity contribution < 1.29 is 0 Å². The van der Waals surface area contributed by atoms with E-state index in [-0.39, 0.29) is 30.0 Å². The second-order valence-electron chi connectivity index (χ2n) is 8.29. The van der Waals surface area contributed by atoms with Crippen LogP contribution in [0.5, 0.6) is 0 Å². The van der Waals surface area contributed by atoms with Crippen LogP contribution in [0, 0.1) is 5.41 Å². The minimum atomic E-state index is 0. The van der Waals surface area contributed by atoms with Crippen molar-refractivity contribution >= 4 is 29.9 Å². The number of hydrogen-bond acceptors (Lipinski definition) is 3. The summed E-state index contributed by atoms with van der Waals surface area (Å²) in [7, 11) is 6.11. The maximum absolute atomic E-state index is 4.82. The van der Waals surface area contributed by atoms with Gasteiger partial charge in [-0.15, -0.1) is 24.0 Å². The normalized spacial score (nSPS) is 14.7. The molecule has 0 amide bonds. The summed E-state index contributed by atoms with van der Waals surface area (Å²) >= 11 is 0. The first-order valence-electron chi connectivity index (χ1n) is 9.32. The number of aromatic nitrogens is 2. The predicted molar refractivity (Wildman–Crippen MR) is 122 cm³/mol. The van der Waals surface area contributed by atoms with Crippen molar-refractivity contribution in [3.63, 3.8) is 0 Å². The molecule has 0 saturated carbocycles. The van der Waals surface area contributed by atoms with E-state index in [1.165, 1.54) is 12.0 Å². The Morgan fingerprint density at radius 3 is 2.46 bits per heavy atom. The molecule has 1 aromatic heterocycles. The Labute approximate surface area is 177 Å². The Morgan fingerprint density at radius 1 is 1.35 bits per heavy atom. The fraction of sp³-hybridized carbons (Fsp3) is 0.789. The van der Waals surface area contributed by atoms with Crippen LogP contribution < -0.4 is 10.6 Å². The number of hydrogen-bond donors (Lipinski definition) is 2. The third-order valence-corrected chi connectivity index (χ3v) is 4.21. The molecular formula is C19H39IN6. The molecule has 1 aromatic rings. The molecule has 0 aliphatic carbocycles. The Morgan fingerprint density at radius 2 is 2.00 bits per heavy atom. The second kappa shape index (κ2) is 11.8. The Balaban J connectivity index is 0.00000625. The van der Waals surface area contributed by atoms with Gasteiger partial charge >= 0.3 is 0 Å². The van der Waals surface area contributed by atoms with Crippen LogP contribution in [-0.4, -0.2) is 53.9 Å². The molecule has 0 bridgehead atoms. The van der Waals surface area contributed by atoms with Crippen molar-refractivity contribution in [1.82, 2.24) is 25.3 Å². The summed E-state index contributed by atoms with van der Waals surface area (Å²) in [6.45, 7) is 12.7. The van der Waals surface area contributed by atoms with Crippen LogP contribution in [0.25, 0.3) is 0 Å². The van der Waals surface area contributed by atoms with Gasteiger partial charge in [0.15, 0.2) is 5.96 Å². The zero-order chi connectivity index (χ0) is 19.0. The zero-order valence-electron chi connectivity index (χ0n) is 17.8. The van der Waals surface area contributed by atoms with E-state index < -0.39 is 0 Å². The molecule has 2 N–H and O–H groups in total. The average molecular weight is 478 g/mol. The van der Waals surface area contributed by atoms with Gasteiger partial charge in [0.25, 0.3) is 0 Å². The highest BCUT2D eigenvalue weighted by atomic mass is 127. The molecule has 0 saturated heterocycles. The maximum Gasteiger partial charge on any atom is 0.191 e. The Kier molecular flexibility index (Phi) is 11.4. The maximum atomic E-state index is 4.82. The van der Waals surface area contributed by atoms with Crippen molar-refractivity contribution in [2.75, 3.05) is 27.2 Å². The van der Waals surface area contributed by atoms with E-state index >= 15 is 0 Å². The van der Waals surface area contributed by atoms with Gasteiger partial charge in [0, 0.05) is 31.4 Å². The first kappa shape index (κ1) is 25.2. The zero-order valence-corrected chi connectivity index (χ0v) is 20.2. The van der Waals surface area contributed by atoms with E-state index in [0.29, 0.717) is 18.0 Å². The number of rotatable bonds is 8. The molecule has 1 heterocycles. The first-order chi connectivity index (χ1) is 11.6. The number of likely N-dealkylation sites (N-methyl/N-ethyl adjacent to an activating group) is 1. The monoisotopic (exact) mass is 478 g/mol. The van der Waals surface area contributed by atoms with Gasteiger partial charge < -0.3 is 15.5 Å². The van der Waals surface area contributed by atoms with Crippen LogP contribution in [-0.2, 0) is 7.05 Å². The van der Waals surface area contributed by atoms with Crippen molar-refractivity contribution in [3.05, 3.63) is 18.0 Å². The Bertz CT molecular complexity index is 532. The molecular weight excluding hydrogens is 439 g/mol. The minimum absolute atomic E-state index is 0. The van der Waals surface area contributed by atoms with Crippen molar-refractivity contribution in [2.45, 2.75) is 59.5 Å². The SMILES string of the molecule is CCNC(=NCC(c1cnn(C)c1)N(C)C)NC(C)CCC(C)(C)C.I. The highest BCUT2D eigenvalue weighted by molar-refractivity contribution is 14.0. The summed E-state index contributed by atoms with van der Waals surface area (Å²) in [5.74, 6) is 0.889. The first-order valence-corrected chi connectivity index (χ1v) is 9.32. The molecule has 0 aromatic carbocycles. The summed E-state index contributed by atoms with van der Waals surface area (Å²) in [5.41, 5.74) is 1.55. The molecule has 152 valence electrons. The fourth-order valence-corrected chi connectivity index (χ4v) is 2.63. The van der Waals surface area contributed by atoms with Gasteiger partial charge in [-0.2, -0.15) is 5.10 Å². The Hall–Kier alpha value is -0.830. The fourth-order valence-electron chi connectivity index (χ4n) is 2.63. The van der Waals surface area contributed by atoms with Crippen LogP contribution in [0.2, 0.25) is 0 Å². The van der Waals surface area contributed by atoms with Gasteiger partial charge in [0.05, 0.1) is 18.8 Å². The molecule has 2 unspecified atom stereocenters. The number of nitrogens with zero attached hydrogens (tertiary/aromatic N) is 4. The van der Waals surface area contributed by atoms with Gasteiger partial charge in [0.2, 0.25) is 0 Å². The number of guanidine groups is 1. The molecule has 0 aliphatic rings. The van der Waals surface area contributed by atoms with Gasteiger partial charge in [-0.1, -0.05) is 20.8 Å². The standard InChI is InChI=1S/C19H38N6.HI/c1-9-20-18(23-15(2)10-11-19(3,4)5)21-13-17(24(6)7)16-12-22-25(8)14-16;/h12,14-15,17H,9-11,13H2,1-8H3,(H2,20,21,23);1H. The van der Waals surface area contributed by atoms with Crippen LogP contribution in [0.4, 0.5) is 0 Å². The lowest BCUT2D eigenvalue weighted by Crippen LogP contribution is -2.43. The van der Waals surface area contributed by atoms with Gasteiger partial charge in [-0.25, -0.2) is 0 Å².